The SMILES string of the molecule is CNC(=O)c1c(-c2ccc(F)cc2)oc2ccc(-c3cccc(C(=O)NC4(c5ccc(F)cc5)CC4)c3)cc12. The molecular weight excluding hydrogens is 498 g/mol. The van der Waals surface area contributed by atoms with Crippen LogP contribution in [0.3, 0.4) is 0 Å². The molecule has 5 nitrogen and oxygen atoms in total. The number of hydrogen-bond acceptors (Lipinski definition) is 3. The lowest BCUT2D eigenvalue weighted by Crippen LogP contribution is -2.34. The number of halogens is 2. The normalized spacial score (nSPS) is 13.7. The van der Waals surface area contributed by atoms with Crippen LogP contribution >= 0.6 is 0 Å². The molecule has 0 spiro atoms. The predicted molar refractivity (Wildman–Crippen MR) is 145 cm³/mol. The van der Waals surface area contributed by atoms with E-state index in [1.165, 1.54) is 24.3 Å². The maximum Gasteiger partial charge on any atom is 0.255 e. The van der Waals surface area contributed by atoms with Crippen LogP contribution in [0.2, 0.25) is 0 Å². The molecule has 1 aliphatic carbocycles. The van der Waals surface area contributed by atoms with Crippen LogP contribution in [0.5, 0.6) is 0 Å². The van der Waals surface area contributed by atoms with Gasteiger partial charge in [0.15, 0.2) is 0 Å². The smallest absolute Gasteiger partial charge is 0.255 e. The molecule has 1 fully saturated rings. The van der Waals surface area contributed by atoms with Crippen LogP contribution in [0, 0.1) is 11.6 Å². The Balaban J connectivity index is 1.34. The number of furan rings is 1. The first-order valence-corrected chi connectivity index (χ1v) is 12.6. The lowest BCUT2D eigenvalue weighted by Gasteiger charge is -2.18. The van der Waals surface area contributed by atoms with Crippen LogP contribution in [0.1, 0.15) is 39.1 Å². The summed E-state index contributed by atoms with van der Waals surface area (Å²) in [5.41, 5.74) is 3.95. The highest BCUT2D eigenvalue weighted by atomic mass is 19.1. The number of carbonyl (C=O) groups excluding carboxylic acids is 2. The lowest BCUT2D eigenvalue weighted by molar-refractivity contribution is 0.0929. The predicted octanol–water partition coefficient (Wildman–Crippen LogP) is 6.82. The Morgan fingerprint density at radius 3 is 2.08 bits per heavy atom. The van der Waals surface area contributed by atoms with E-state index in [1.54, 1.807) is 49.5 Å². The quantitative estimate of drug-likeness (QED) is 0.257. The van der Waals surface area contributed by atoms with Gasteiger partial charge in [0.2, 0.25) is 0 Å². The molecule has 0 bridgehead atoms. The fourth-order valence-electron chi connectivity index (χ4n) is 4.94. The maximum absolute atomic E-state index is 13.5. The van der Waals surface area contributed by atoms with Crippen molar-refractivity contribution in [3.63, 3.8) is 0 Å². The van der Waals surface area contributed by atoms with Crippen molar-refractivity contribution in [2.75, 3.05) is 7.05 Å². The first-order chi connectivity index (χ1) is 18.9. The van der Waals surface area contributed by atoms with Crippen LogP contribution in [0.25, 0.3) is 33.4 Å². The highest BCUT2D eigenvalue weighted by Crippen LogP contribution is 2.45. The third kappa shape index (κ3) is 4.56. The number of benzene rings is 4. The standard InChI is InChI=1S/C32H24F2N2O3/c1-35-31(38)28-26-18-21(7-14-27(26)39-29(28)19-5-10-24(33)11-6-19)20-3-2-4-22(17-20)30(37)36-32(15-16-32)23-8-12-25(34)13-9-23/h2-14,17-18H,15-16H2,1H3,(H,35,38)(H,36,37). The van der Waals surface area contributed by atoms with Crippen LogP contribution in [0.15, 0.2) is 95.4 Å². The Hall–Kier alpha value is -4.78. The molecule has 39 heavy (non-hydrogen) atoms. The second-order valence-electron chi connectivity index (χ2n) is 9.73. The van der Waals surface area contributed by atoms with Crippen molar-refractivity contribution in [1.29, 1.82) is 0 Å². The topological polar surface area (TPSA) is 71.3 Å². The second-order valence-corrected chi connectivity index (χ2v) is 9.73. The maximum atomic E-state index is 13.5. The molecule has 1 saturated carbocycles. The van der Waals surface area contributed by atoms with Crippen molar-refractivity contribution in [2.24, 2.45) is 0 Å². The van der Waals surface area contributed by atoms with E-state index in [-0.39, 0.29) is 23.4 Å². The van der Waals surface area contributed by atoms with Gasteiger partial charge >= 0.3 is 0 Å². The number of hydrogen-bond donors (Lipinski definition) is 2. The van der Waals surface area contributed by atoms with E-state index in [1.807, 2.05) is 24.3 Å². The third-order valence-electron chi connectivity index (χ3n) is 7.21. The summed E-state index contributed by atoms with van der Waals surface area (Å²) in [6, 6.07) is 24.8. The molecule has 4 aromatic carbocycles. The van der Waals surface area contributed by atoms with Gasteiger partial charge in [-0.25, -0.2) is 8.78 Å². The molecule has 0 radical (unpaired) electrons. The summed E-state index contributed by atoms with van der Waals surface area (Å²) < 4.78 is 32.9. The van der Waals surface area contributed by atoms with Crippen LogP contribution in [-0.4, -0.2) is 18.9 Å². The zero-order valence-electron chi connectivity index (χ0n) is 21.1. The van der Waals surface area contributed by atoms with Gasteiger partial charge in [-0.3, -0.25) is 9.59 Å². The molecule has 5 aromatic rings. The third-order valence-corrected chi connectivity index (χ3v) is 7.21. The van der Waals surface area contributed by atoms with E-state index in [9.17, 15) is 18.4 Å². The minimum Gasteiger partial charge on any atom is -0.455 e. The average Bonchev–Trinajstić information content (AvgIpc) is 3.64. The van der Waals surface area contributed by atoms with Gasteiger partial charge in [-0.1, -0.05) is 30.3 Å². The Labute approximate surface area is 223 Å². The summed E-state index contributed by atoms with van der Waals surface area (Å²) in [4.78, 5) is 26.1. The minimum atomic E-state index is -0.477. The number of rotatable bonds is 6. The van der Waals surface area contributed by atoms with Gasteiger partial charge in [0.25, 0.3) is 11.8 Å². The van der Waals surface area contributed by atoms with Gasteiger partial charge in [0.1, 0.15) is 23.0 Å². The Morgan fingerprint density at radius 1 is 0.769 bits per heavy atom. The van der Waals surface area contributed by atoms with Gasteiger partial charge in [-0.15, -0.1) is 0 Å². The molecule has 2 amide bonds. The van der Waals surface area contributed by atoms with E-state index in [0.29, 0.717) is 33.4 Å². The summed E-state index contributed by atoms with van der Waals surface area (Å²) in [5.74, 6) is -0.882. The van der Waals surface area contributed by atoms with Crippen molar-refractivity contribution in [2.45, 2.75) is 18.4 Å². The molecular formula is C32H24F2N2O3. The number of amides is 2. The van der Waals surface area contributed by atoms with E-state index < -0.39 is 5.54 Å². The molecule has 2 N–H and O–H groups in total. The van der Waals surface area contributed by atoms with Crippen LogP contribution in [0.4, 0.5) is 8.78 Å². The lowest BCUT2D eigenvalue weighted by atomic mass is 9.98. The van der Waals surface area contributed by atoms with Gasteiger partial charge in [0.05, 0.1) is 11.1 Å². The first kappa shape index (κ1) is 24.6. The van der Waals surface area contributed by atoms with Crippen LogP contribution < -0.4 is 10.6 Å². The summed E-state index contributed by atoms with van der Waals surface area (Å²) >= 11 is 0. The summed E-state index contributed by atoms with van der Waals surface area (Å²) in [7, 11) is 1.54. The van der Waals surface area contributed by atoms with Crippen molar-refractivity contribution in [3.05, 3.63) is 119 Å². The number of carbonyl (C=O) groups is 2. The monoisotopic (exact) mass is 522 g/mol. The van der Waals surface area contributed by atoms with Crippen molar-refractivity contribution >= 4 is 22.8 Å². The molecule has 0 atom stereocenters. The molecule has 194 valence electrons. The first-order valence-electron chi connectivity index (χ1n) is 12.6. The van der Waals surface area contributed by atoms with E-state index in [0.717, 1.165) is 29.5 Å². The number of nitrogens with one attached hydrogen (secondary N) is 2. The van der Waals surface area contributed by atoms with Crippen molar-refractivity contribution < 1.29 is 22.8 Å². The van der Waals surface area contributed by atoms with Gasteiger partial charge in [0, 0.05) is 23.6 Å². The van der Waals surface area contributed by atoms with Gasteiger partial charge in [-0.2, -0.15) is 0 Å². The molecule has 7 heteroatoms. The highest BCUT2D eigenvalue weighted by molar-refractivity contribution is 6.11. The minimum absolute atomic E-state index is 0.215. The second kappa shape index (κ2) is 9.51. The van der Waals surface area contributed by atoms with Crippen molar-refractivity contribution in [3.8, 4) is 22.5 Å². The summed E-state index contributed by atoms with van der Waals surface area (Å²) in [6.07, 6.45) is 1.58. The zero-order valence-corrected chi connectivity index (χ0v) is 21.1. The Morgan fingerprint density at radius 2 is 1.41 bits per heavy atom. The highest BCUT2D eigenvalue weighted by Gasteiger charge is 2.45. The molecule has 0 aliphatic heterocycles. The largest absolute Gasteiger partial charge is 0.455 e. The van der Waals surface area contributed by atoms with Crippen LogP contribution in [-0.2, 0) is 5.54 Å². The van der Waals surface area contributed by atoms with Gasteiger partial charge in [-0.05, 0) is 90.2 Å². The van der Waals surface area contributed by atoms with E-state index in [2.05, 4.69) is 10.6 Å². The fraction of sp³-hybridized carbons (Fsp3) is 0.125. The Bertz CT molecular complexity index is 1720. The van der Waals surface area contributed by atoms with Gasteiger partial charge < -0.3 is 15.1 Å². The molecule has 0 unspecified atom stereocenters. The van der Waals surface area contributed by atoms with E-state index >= 15 is 0 Å². The summed E-state index contributed by atoms with van der Waals surface area (Å²) in [6.45, 7) is 0. The Kier molecular flexibility index (Phi) is 5.99. The zero-order chi connectivity index (χ0) is 27.1. The molecule has 0 saturated heterocycles. The molecule has 1 aromatic heterocycles. The number of fused-ring (bicyclic) bond motifs is 1. The summed E-state index contributed by atoms with van der Waals surface area (Å²) in [5, 5.41) is 6.40. The fourth-order valence-corrected chi connectivity index (χ4v) is 4.94. The van der Waals surface area contributed by atoms with Crippen molar-refractivity contribution in [1.82, 2.24) is 10.6 Å². The molecule has 1 heterocycles. The molecule has 1 aliphatic rings. The average molecular weight is 523 g/mol. The molecule has 6 rings (SSSR count). The van der Waals surface area contributed by atoms with E-state index in [4.69, 9.17) is 4.42 Å².